The Morgan fingerprint density at radius 2 is 2.37 bits per heavy atom. The summed E-state index contributed by atoms with van der Waals surface area (Å²) in [5.41, 5.74) is 0.413. The number of carbonyl (C=O) groups is 3. The second-order valence-corrected chi connectivity index (χ2v) is 4.91. The van der Waals surface area contributed by atoms with E-state index < -0.39 is 11.9 Å². The maximum Gasteiger partial charge on any atom is 0.256 e. The fourth-order valence-corrected chi connectivity index (χ4v) is 2.58. The van der Waals surface area contributed by atoms with Gasteiger partial charge >= 0.3 is 0 Å². The molecule has 1 aromatic rings. The van der Waals surface area contributed by atoms with E-state index in [0.717, 1.165) is 0 Å². The summed E-state index contributed by atoms with van der Waals surface area (Å²) < 4.78 is 5.33. The molecular weight excluding hydrogens is 268 g/mol. The molecule has 0 saturated carbocycles. The fourth-order valence-electron chi connectivity index (χ4n) is 1.77. The Bertz CT molecular complexity index is 512. The molecule has 2 heterocycles. The molecule has 2 N–H and O–H groups in total. The smallest absolute Gasteiger partial charge is 0.256 e. The van der Waals surface area contributed by atoms with Crippen molar-refractivity contribution in [1.29, 1.82) is 0 Å². The first-order chi connectivity index (χ1) is 9.11. The molecule has 1 aliphatic heterocycles. The Balaban J connectivity index is 2.02. The number of ether oxygens (including phenoxy) is 1. The minimum absolute atomic E-state index is 0.235. The molecule has 1 fully saturated rings. The first-order valence-electron chi connectivity index (χ1n) is 5.96. The minimum atomic E-state index is -0.667. The number of thiophene rings is 1. The Morgan fingerprint density at radius 3 is 3.05 bits per heavy atom. The van der Waals surface area contributed by atoms with Crippen molar-refractivity contribution in [3.05, 3.63) is 17.0 Å². The second kappa shape index (κ2) is 5.83. The van der Waals surface area contributed by atoms with Crippen LogP contribution >= 0.6 is 11.3 Å². The number of carbonyl (C=O) groups excluding carboxylic acids is 3. The monoisotopic (exact) mass is 282 g/mol. The van der Waals surface area contributed by atoms with E-state index in [4.69, 9.17) is 4.74 Å². The van der Waals surface area contributed by atoms with Crippen molar-refractivity contribution in [3.8, 4) is 5.06 Å². The van der Waals surface area contributed by atoms with Gasteiger partial charge in [-0.3, -0.25) is 19.7 Å². The van der Waals surface area contributed by atoms with E-state index in [1.54, 1.807) is 11.4 Å². The highest BCUT2D eigenvalue weighted by atomic mass is 32.1. The Labute approximate surface area is 114 Å². The van der Waals surface area contributed by atoms with Gasteiger partial charge in [-0.1, -0.05) is 0 Å². The lowest BCUT2D eigenvalue weighted by Gasteiger charge is -2.21. The average molecular weight is 282 g/mol. The third-order valence-corrected chi connectivity index (χ3v) is 3.52. The second-order valence-electron chi connectivity index (χ2n) is 4.03. The molecule has 7 heteroatoms. The van der Waals surface area contributed by atoms with Gasteiger partial charge in [0, 0.05) is 6.42 Å². The Morgan fingerprint density at radius 1 is 1.58 bits per heavy atom. The highest BCUT2D eigenvalue weighted by molar-refractivity contribution is 7.12. The number of hydrogen-bond acceptors (Lipinski definition) is 5. The SMILES string of the molecule is CCOc1sccc1C(=O)NC1CCC(=O)NC1=O. The zero-order valence-corrected chi connectivity index (χ0v) is 11.2. The highest BCUT2D eigenvalue weighted by Crippen LogP contribution is 2.26. The summed E-state index contributed by atoms with van der Waals surface area (Å²) in [6.45, 7) is 2.31. The standard InChI is InChI=1S/C12H14N2O4S/c1-2-18-12-7(5-6-19-12)10(16)13-8-3-4-9(15)14-11(8)17/h5-6,8H,2-4H2,1H3,(H,13,16)(H,14,15,17). The van der Waals surface area contributed by atoms with Crippen molar-refractivity contribution in [2.24, 2.45) is 0 Å². The van der Waals surface area contributed by atoms with Crippen LogP contribution in [0.5, 0.6) is 5.06 Å². The maximum absolute atomic E-state index is 12.0. The molecule has 1 aromatic heterocycles. The van der Waals surface area contributed by atoms with Gasteiger partial charge in [0.2, 0.25) is 11.8 Å². The van der Waals surface area contributed by atoms with Crippen molar-refractivity contribution < 1.29 is 19.1 Å². The molecule has 2 rings (SSSR count). The third kappa shape index (κ3) is 3.11. The predicted octanol–water partition coefficient (Wildman–Crippen LogP) is 0.682. The van der Waals surface area contributed by atoms with Crippen molar-refractivity contribution in [3.63, 3.8) is 0 Å². The zero-order chi connectivity index (χ0) is 13.8. The molecule has 102 valence electrons. The first-order valence-corrected chi connectivity index (χ1v) is 6.84. The van der Waals surface area contributed by atoms with E-state index >= 15 is 0 Å². The number of amides is 3. The summed E-state index contributed by atoms with van der Waals surface area (Å²) >= 11 is 1.33. The van der Waals surface area contributed by atoms with Crippen LogP contribution < -0.4 is 15.4 Å². The molecule has 0 spiro atoms. The van der Waals surface area contributed by atoms with Crippen molar-refractivity contribution in [2.75, 3.05) is 6.61 Å². The summed E-state index contributed by atoms with van der Waals surface area (Å²) in [7, 11) is 0. The molecule has 0 aliphatic carbocycles. The normalized spacial score (nSPS) is 18.9. The summed E-state index contributed by atoms with van der Waals surface area (Å²) in [4.78, 5) is 34.6. The van der Waals surface area contributed by atoms with Crippen LogP contribution in [0.3, 0.4) is 0 Å². The Kier molecular flexibility index (Phi) is 4.16. The molecular formula is C12H14N2O4S. The lowest BCUT2D eigenvalue weighted by Crippen LogP contribution is -2.52. The molecule has 3 amide bonds. The number of imide groups is 1. The molecule has 6 nitrogen and oxygen atoms in total. The molecule has 1 atom stereocenters. The van der Waals surface area contributed by atoms with Crippen LogP contribution in [0.25, 0.3) is 0 Å². The molecule has 1 unspecified atom stereocenters. The van der Waals surface area contributed by atoms with Gasteiger partial charge in [-0.2, -0.15) is 0 Å². The first kappa shape index (κ1) is 13.5. The number of hydrogen-bond donors (Lipinski definition) is 2. The largest absolute Gasteiger partial charge is 0.484 e. The number of piperidine rings is 1. The van der Waals surface area contributed by atoms with Crippen LogP contribution in [-0.2, 0) is 9.59 Å². The predicted molar refractivity (Wildman–Crippen MR) is 69.1 cm³/mol. The van der Waals surface area contributed by atoms with E-state index in [2.05, 4.69) is 10.6 Å². The topological polar surface area (TPSA) is 84.5 Å². The van der Waals surface area contributed by atoms with Gasteiger partial charge in [-0.25, -0.2) is 0 Å². The van der Waals surface area contributed by atoms with Gasteiger partial charge in [-0.15, -0.1) is 11.3 Å². The van der Waals surface area contributed by atoms with E-state index in [9.17, 15) is 14.4 Å². The van der Waals surface area contributed by atoms with Gasteiger partial charge < -0.3 is 10.1 Å². The van der Waals surface area contributed by atoms with Gasteiger partial charge in [0.15, 0.2) is 5.06 Å². The van der Waals surface area contributed by atoms with Crippen molar-refractivity contribution >= 4 is 29.1 Å². The van der Waals surface area contributed by atoms with Crippen molar-refractivity contribution in [2.45, 2.75) is 25.8 Å². The molecule has 0 bridgehead atoms. The van der Waals surface area contributed by atoms with Crippen LogP contribution in [0.15, 0.2) is 11.4 Å². The lowest BCUT2D eigenvalue weighted by molar-refractivity contribution is -0.134. The highest BCUT2D eigenvalue weighted by Gasteiger charge is 2.28. The van der Waals surface area contributed by atoms with Crippen LogP contribution in [0.2, 0.25) is 0 Å². The fraction of sp³-hybridized carbons (Fsp3) is 0.417. The van der Waals surface area contributed by atoms with Gasteiger partial charge in [0.1, 0.15) is 6.04 Å². The quantitative estimate of drug-likeness (QED) is 0.795. The summed E-state index contributed by atoms with van der Waals surface area (Å²) in [6, 6.07) is 0.983. The molecule has 0 aromatic carbocycles. The van der Waals surface area contributed by atoms with Crippen LogP contribution in [0.1, 0.15) is 30.1 Å². The lowest BCUT2D eigenvalue weighted by atomic mass is 10.1. The number of rotatable bonds is 4. The summed E-state index contributed by atoms with van der Waals surface area (Å²) in [5.74, 6) is -1.13. The number of nitrogens with one attached hydrogen (secondary N) is 2. The van der Waals surface area contributed by atoms with E-state index in [-0.39, 0.29) is 18.2 Å². The van der Waals surface area contributed by atoms with Crippen LogP contribution in [0, 0.1) is 0 Å². The average Bonchev–Trinajstić information content (AvgIpc) is 2.81. The maximum atomic E-state index is 12.0. The van der Waals surface area contributed by atoms with E-state index in [0.29, 0.717) is 23.7 Å². The zero-order valence-electron chi connectivity index (χ0n) is 10.4. The molecule has 19 heavy (non-hydrogen) atoms. The molecule has 0 radical (unpaired) electrons. The van der Waals surface area contributed by atoms with Crippen LogP contribution in [-0.4, -0.2) is 30.4 Å². The van der Waals surface area contributed by atoms with Gasteiger partial charge in [-0.05, 0) is 24.8 Å². The summed E-state index contributed by atoms with van der Waals surface area (Å²) in [6.07, 6.45) is 0.559. The van der Waals surface area contributed by atoms with Crippen molar-refractivity contribution in [1.82, 2.24) is 10.6 Å². The van der Waals surface area contributed by atoms with Gasteiger partial charge in [0.25, 0.3) is 5.91 Å². The van der Waals surface area contributed by atoms with Crippen LogP contribution in [0.4, 0.5) is 0 Å². The van der Waals surface area contributed by atoms with E-state index in [1.807, 2.05) is 6.92 Å². The van der Waals surface area contributed by atoms with E-state index in [1.165, 1.54) is 11.3 Å². The summed E-state index contributed by atoms with van der Waals surface area (Å²) in [5, 5.41) is 7.10. The minimum Gasteiger partial charge on any atom is -0.484 e. The third-order valence-electron chi connectivity index (χ3n) is 2.69. The Hall–Kier alpha value is -1.89. The molecule has 1 saturated heterocycles. The van der Waals surface area contributed by atoms with Gasteiger partial charge in [0.05, 0.1) is 12.2 Å². The molecule has 1 aliphatic rings.